The molecule has 0 saturated heterocycles. The van der Waals surface area contributed by atoms with Gasteiger partial charge >= 0.3 is 0 Å². The Morgan fingerprint density at radius 2 is 2.15 bits per heavy atom. The molecule has 1 aromatic carbocycles. The molecule has 3 aromatic rings. The molecule has 2 aromatic heterocycles. The van der Waals surface area contributed by atoms with Crippen molar-refractivity contribution in [3.05, 3.63) is 55.3 Å². The van der Waals surface area contributed by atoms with Crippen LogP contribution in [0.15, 0.2) is 64.9 Å². The van der Waals surface area contributed by atoms with E-state index in [1.54, 1.807) is 18.4 Å². The molecule has 0 spiro atoms. The minimum absolute atomic E-state index is 0.0966. The van der Waals surface area contributed by atoms with Crippen LogP contribution in [-0.2, 0) is 4.79 Å². The summed E-state index contributed by atoms with van der Waals surface area (Å²) >= 11 is 1.30. The molecule has 0 atom stereocenters. The van der Waals surface area contributed by atoms with Crippen LogP contribution >= 0.6 is 11.8 Å². The molecule has 0 aliphatic heterocycles. The first-order valence-electron chi connectivity index (χ1n) is 8.46. The summed E-state index contributed by atoms with van der Waals surface area (Å²) in [7, 11) is 0. The molecule has 0 saturated carbocycles. The van der Waals surface area contributed by atoms with Gasteiger partial charge in [0, 0.05) is 6.54 Å². The molecule has 1 N–H and O–H groups in total. The highest BCUT2D eigenvalue weighted by Crippen LogP contribution is 2.29. The number of nitrogens with zero attached hydrogens (tertiary/aromatic N) is 3. The van der Waals surface area contributed by atoms with Gasteiger partial charge in [0.05, 0.1) is 24.3 Å². The van der Waals surface area contributed by atoms with Crippen molar-refractivity contribution in [3.63, 3.8) is 0 Å². The van der Waals surface area contributed by atoms with Crippen LogP contribution in [0, 0.1) is 0 Å². The van der Waals surface area contributed by atoms with Gasteiger partial charge < -0.3 is 14.5 Å². The monoisotopic (exact) mass is 384 g/mol. The number of aromatic nitrogens is 3. The van der Waals surface area contributed by atoms with E-state index in [2.05, 4.69) is 22.1 Å². The molecule has 8 heteroatoms. The fourth-order valence-electron chi connectivity index (χ4n) is 2.39. The van der Waals surface area contributed by atoms with E-state index >= 15 is 0 Å². The van der Waals surface area contributed by atoms with E-state index in [1.807, 2.05) is 41.8 Å². The molecular formula is C19H20N4O3S. The molecule has 0 radical (unpaired) electrons. The summed E-state index contributed by atoms with van der Waals surface area (Å²) in [5, 5.41) is 11.8. The summed E-state index contributed by atoms with van der Waals surface area (Å²) in [5.74, 6) is 2.08. The van der Waals surface area contributed by atoms with Crippen LogP contribution in [0.25, 0.3) is 17.3 Å². The highest BCUT2D eigenvalue weighted by molar-refractivity contribution is 7.99. The van der Waals surface area contributed by atoms with Crippen LogP contribution in [0.3, 0.4) is 0 Å². The average molecular weight is 384 g/mol. The molecule has 27 heavy (non-hydrogen) atoms. The fourth-order valence-corrected chi connectivity index (χ4v) is 3.17. The maximum atomic E-state index is 11.9. The van der Waals surface area contributed by atoms with Gasteiger partial charge in [0.15, 0.2) is 10.9 Å². The van der Waals surface area contributed by atoms with Crippen molar-refractivity contribution in [2.45, 2.75) is 12.1 Å². The SMILES string of the molecule is C=CCNC(=O)CSc1nnc(-c2ccco2)n1-c1ccc(OCC)cc1. The molecular weight excluding hydrogens is 364 g/mol. The van der Waals surface area contributed by atoms with Crippen molar-refractivity contribution in [2.75, 3.05) is 18.9 Å². The summed E-state index contributed by atoms with van der Waals surface area (Å²) in [6, 6.07) is 11.2. The number of amides is 1. The third-order valence-corrected chi connectivity index (χ3v) is 4.49. The first-order valence-corrected chi connectivity index (χ1v) is 9.44. The van der Waals surface area contributed by atoms with Crippen molar-refractivity contribution >= 4 is 17.7 Å². The van der Waals surface area contributed by atoms with Crippen LogP contribution in [0.2, 0.25) is 0 Å². The zero-order chi connectivity index (χ0) is 19.1. The summed E-state index contributed by atoms with van der Waals surface area (Å²) in [4.78, 5) is 11.9. The Labute approximate surface area is 161 Å². The van der Waals surface area contributed by atoms with Gasteiger partial charge in [-0.2, -0.15) is 0 Å². The van der Waals surface area contributed by atoms with E-state index in [-0.39, 0.29) is 11.7 Å². The zero-order valence-electron chi connectivity index (χ0n) is 14.9. The second kappa shape index (κ2) is 9.09. The van der Waals surface area contributed by atoms with Crippen LogP contribution in [-0.4, -0.2) is 39.6 Å². The van der Waals surface area contributed by atoms with Gasteiger partial charge in [0.2, 0.25) is 11.7 Å². The third-order valence-electron chi connectivity index (χ3n) is 3.56. The predicted molar refractivity (Wildman–Crippen MR) is 104 cm³/mol. The fraction of sp³-hybridized carbons (Fsp3) is 0.211. The van der Waals surface area contributed by atoms with E-state index in [9.17, 15) is 4.79 Å². The molecule has 1 amide bonds. The quantitative estimate of drug-likeness (QED) is 0.450. The summed E-state index contributed by atoms with van der Waals surface area (Å²) in [6.45, 7) is 6.56. The molecule has 0 bridgehead atoms. The summed E-state index contributed by atoms with van der Waals surface area (Å²) in [6.07, 6.45) is 3.22. The molecule has 0 aliphatic carbocycles. The van der Waals surface area contributed by atoms with Crippen molar-refractivity contribution in [1.29, 1.82) is 0 Å². The van der Waals surface area contributed by atoms with Crippen molar-refractivity contribution in [3.8, 4) is 23.0 Å². The van der Waals surface area contributed by atoms with Crippen molar-refractivity contribution in [1.82, 2.24) is 20.1 Å². The lowest BCUT2D eigenvalue weighted by Crippen LogP contribution is -2.25. The first kappa shape index (κ1) is 18.8. The number of hydrogen-bond acceptors (Lipinski definition) is 6. The van der Waals surface area contributed by atoms with E-state index in [4.69, 9.17) is 9.15 Å². The van der Waals surface area contributed by atoms with Crippen LogP contribution in [0.4, 0.5) is 0 Å². The Morgan fingerprint density at radius 1 is 1.33 bits per heavy atom. The van der Waals surface area contributed by atoms with E-state index < -0.39 is 0 Å². The second-order valence-electron chi connectivity index (χ2n) is 5.43. The Balaban J connectivity index is 1.90. The Bertz CT molecular complexity index is 888. The van der Waals surface area contributed by atoms with E-state index in [0.29, 0.717) is 29.9 Å². The molecule has 0 fully saturated rings. The Hall–Kier alpha value is -3.00. The number of carbonyl (C=O) groups excluding carboxylic acids is 1. The van der Waals surface area contributed by atoms with Gasteiger partial charge in [-0.25, -0.2) is 0 Å². The number of ether oxygens (including phenoxy) is 1. The lowest BCUT2D eigenvalue weighted by molar-refractivity contribution is -0.118. The van der Waals surface area contributed by atoms with Gasteiger partial charge in [-0.1, -0.05) is 17.8 Å². The predicted octanol–water partition coefficient (Wildman–Crippen LogP) is 3.32. The van der Waals surface area contributed by atoms with Gasteiger partial charge in [-0.15, -0.1) is 16.8 Å². The zero-order valence-corrected chi connectivity index (χ0v) is 15.7. The second-order valence-corrected chi connectivity index (χ2v) is 6.37. The molecule has 2 heterocycles. The summed E-state index contributed by atoms with van der Waals surface area (Å²) < 4.78 is 12.9. The van der Waals surface area contributed by atoms with Crippen LogP contribution < -0.4 is 10.1 Å². The first-order chi connectivity index (χ1) is 13.2. The van der Waals surface area contributed by atoms with Crippen molar-refractivity contribution < 1.29 is 13.9 Å². The highest BCUT2D eigenvalue weighted by Gasteiger charge is 2.19. The minimum Gasteiger partial charge on any atom is -0.494 e. The minimum atomic E-state index is -0.0966. The normalized spacial score (nSPS) is 10.6. The van der Waals surface area contributed by atoms with Gasteiger partial charge in [-0.3, -0.25) is 9.36 Å². The summed E-state index contributed by atoms with van der Waals surface area (Å²) in [5.41, 5.74) is 0.851. The van der Waals surface area contributed by atoms with Gasteiger partial charge in [0.25, 0.3) is 0 Å². The highest BCUT2D eigenvalue weighted by atomic mass is 32.2. The molecule has 7 nitrogen and oxygen atoms in total. The average Bonchev–Trinajstić information content (AvgIpc) is 3.35. The third kappa shape index (κ3) is 4.59. The van der Waals surface area contributed by atoms with Gasteiger partial charge in [-0.05, 0) is 43.3 Å². The number of hydrogen-bond donors (Lipinski definition) is 1. The molecule has 140 valence electrons. The van der Waals surface area contributed by atoms with Gasteiger partial charge in [0.1, 0.15) is 5.75 Å². The van der Waals surface area contributed by atoms with E-state index in [1.165, 1.54) is 11.8 Å². The number of nitrogens with one attached hydrogen (secondary N) is 1. The largest absolute Gasteiger partial charge is 0.494 e. The lowest BCUT2D eigenvalue weighted by Gasteiger charge is -2.10. The van der Waals surface area contributed by atoms with Crippen LogP contribution in [0.5, 0.6) is 5.75 Å². The van der Waals surface area contributed by atoms with E-state index in [0.717, 1.165) is 11.4 Å². The van der Waals surface area contributed by atoms with Crippen molar-refractivity contribution in [2.24, 2.45) is 0 Å². The smallest absolute Gasteiger partial charge is 0.230 e. The molecule has 0 unspecified atom stereocenters. The molecule has 3 rings (SSSR count). The number of furan rings is 1. The maximum absolute atomic E-state index is 11.9. The number of thioether (sulfide) groups is 1. The Morgan fingerprint density at radius 3 is 2.81 bits per heavy atom. The lowest BCUT2D eigenvalue weighted by atomic mass is 10.3. The number of benzene rings is 1. The standard InChI is InChI=1S/C19H20N4O3S/c1-3-11-20-17(24)13-27-19-22-21-18(16-6-5-12-26-16)23(19)14-7-9-15(10-8-14)25-4-2/h3,5-10,12H,1,4,11,13H2,2H3,(H,20,24). The topological polar surface area (TPSA) is 82.2 Å². The molecule has 0 aliphatic rings. The number of carbonyl (C=O) groups is 1. The Kier molecular flexibility index (Phi) is 6.32. The number of rotatable bonds is 9. The maximum Gasteiger partial charge on any atom is 0.230 e. The van der Waals surface area contributed by atoms with Crippen LogP contribution in [0.1, 0.15) is 6.92 Å².